The highest BCUT2D eigenvalue weighted by Crippen LogP contribution is 2.28. The molecule has 3 rings (SSSR count). The molecule has 10 heteroatoms. The summed E-state index contributed by atoms with van der Waals surface area (Å²) in [6.45, 7) is 0.583. The van der Waals surface area contributed by atoms with E-state index in [-0.39, 0.29) is 17.3 Å². The first-order valence-electron chi connectivity index (χ1n) is 8.16. The second kappa shape index (κ2) is 7.34. The molecule has 1 atom stereocenters. The number of hydrogen-bond acceptors (Lipinski definition) is 5. The Morgan fingerprint density at radius 3 is 2.65 bits per heavy atom. The van der Waals surface area contributed by atoms with Crippen LogP contribution < -0.4 is 0 Å². The number of carbonyl (C=O) groups excluding carboxylic acids is 1. The third kappa shape index (κ3) is 3.60. The van der Waals surface area contributed by atoms with Crippen LogP contribution in [0.25, 0.3) is 0 Å². The third-order valence-electron chi connectivity index (χ3n) is 4.47. The molecule has 1 amide bonds. The number of carbonyl (C=O) groups is 1. The van der Waals surface area contributed by atoms with Gasteiger partial charge in [-0.05, 0) is 37.1 Å². The molecule has 2 aromatic rings. The SMILES string of the molecule is CN(Cc1nncn1C)C(=O)[C@@H]1CCCN1S(=O)(=O)c1ccc(Cl)cc1. The van der Waals surface area contributed by atoms with Gasteiger partial charge in [-0.1, -0.05) is 11.6 Å². The van der Waals surface area contributed by atoms with Crippen LogP contribution in [0.4, 0.5) is 0 Å². The second-order valence-corrected chi connectivity index (χ2v) is 8.61. The maximum atomic E-state index is 12.9. The quantitative estimate of drug-likeness (QED) is 0.758. The largest absolute Gasteiger partial charge is 0.337 e. The van der Waals surface area contributed by atoms with Crippen molar-refractivity contribution in [1.82, 2.24) is 24.0 Å². The molecule has 0 aliphatic carbocycles. The van der Waals surface area contributed by atoms with Crippen LogP contribution in [0.1, 0.15) is 18.7 Å². The highest BCUT2D eigenvalue weighted by molar-refractivity contribution is 7.89. The summed E-state index contributed by atoms with van der Waals surface area (Å²) in [5, 5.41) is 8.21. The molecule has 1 aliphatic heterocycles. The lowest BCUT2D eigenvalue weighted by atomic mass is 10.2. The van der Waals surface area contributed by atoms with E-state index < -0.39 is 16.1 Å². The second-order valence-electron chi connectivity index (χ2n) is 6.28. The summed E-state index contributed by atoms with van der Waals surface area (Å²) in [5.74, 6) is 0.383. The zero-order valence-corrected chi connectivity index (χ0v) is 16.1. The highest BCUT2D eigenvalue weighted by atomic mass is 35.5. The molecule has 8 nitrogen and oxygen atoms in total. The Morgan fingerprint density at radius 1 is 1.35 bits per heavy atom. The van der Waals surface area contributed by atoms with Gasteiger partial charge < -0.3 is 9.47 Å². The molecule has 0 radical (unpaired) electrons. The monoisotopic (exact) mass is 397 g/mol. The average molecular weight is 398 g/mol. The first-order valence-corrected chi connectivity index (χ1v) is 9.98. The van der Waals surface area contributed by atoms with E-state index in [0.29, 0.717) is 30.2 Å². The lowest BCUT2D eigenvalue weighted by Crippen LogP contribution is -2.46. The predicted molar refractivity (Wildman–Crippen MR) is 95.8 cm³/mol. The van der Waals surface area contributed by atoms with Crippen molar-refractivity contribution in [3.05, 3.63) is 41.4 Å². The summed E-state index contributed by atoms with van der Waals surface area (Å²) in [4.78, 5) is 14.5. The molecule has 1 aliphatic rings. The molecular formula is C16H20ClN5O3S. The maximum Gasteiger partial charge on any atom is 0.243 e. The maximum absolute atomic E-state index is 12.9. The summed E-state index contributed by atoms with van der Waals surface area (Å²) in [6.07, 6.45) is 2.69. The van der Waals surface area contributed by atoms with Gasteiger partial charge in [0.25, 0.3) is 0 Å². The van der Waals surface area contributed by atoms with Crippen LogP contribution in [-0.4, -0.2) is 57.9 Å². The summed E-state index contributed by atoms with van der Waals surface area (Å²) in [7, 11) is -0.326. The number of halogens is 1. The van der Waals surface area contributed by atoms with Gasteiger partial charge in [-0.2, -0.15) is 4.31 Å². The van der Waals surface area contributed by atoms with Crippen molar-refractivity contribution in [2.75, 3.05) is 13.6 Å². The Kier molecular flexibility index (Phi) is 5.31. The molecule has 1 saturated heterocycles. The van der Waals surface area contributed by atoms with E-state index in [4.69, 9.17) is 11.6 Å². The Balaban J connectivity index is 1.79. The minimum absolute atomic E-state index is 0.137. The number of sulfonamides is 1. The topological polar surface area (TPSA) is 88.4 Å². The number of amides is 1. The molecular weight excluding hydrogens is 378 g/mol. The van der Waals surface area contributed by atoms with Crippen LogP contribution in [0.5, 0.6) is 0 Å². The van der Waals surface area contributed by atoms with Crippen molar-refractivity contribution in [3.63, 3.8) is 0 Å². The molecule has 1 aromatic carbocycles. The van der Waals surface area contributed by atoms with Crippen LogP contribution in [0, 0.1) is 0 Å². The van der Waals surface area contributed by atoms with Crippen molar-refractivity contribution in [2.24, 2.45) is 7.05 Å². The fourth-order valence-electron chi connectivity index (χ4n) is 3.01. The number of likely N-dealkylation sites (N-methyl/N-ethyl adjacent to an activating group) is 1. The van der Waals surface area contributed by atoms with Gasteiger partial charge >= 0.3 is 0 Å². The van der Waals surface area contributed by atoms with Gasteiger partial charge in [-0.3, -0.25) is 4.79 Å². The van der Waals surface area contributed by atoms with Crippen molar-refractivity contribution in [2.45, 2.75) is 30.3 Å². The van der Waals surface area contributed by atoms with E-state index in [1.807, 2.05) is 0 Å². The fraction of sp³-hybridized carbons (Fsp3) is 0.438. The summed E-state index contributed by atoms with van der Waals surface area (Å²) in [5.41, 5.74) is 0. The number of rotatable bonds is 5. The van der Waals surface area contributed by atoms with E-state index in [0.717, 1.165) is 0 Å². The lowest BCUT2D eigenvalue weighted by molar-refractivity contribution is -0.133. The van der Waals surface area contributed by atoms with E-state index >= 15 is 0 Å². The molecule has 0 bridgehead atoms. The van der Waals surface area contributed by atoms with Gasteiger partial charge in [0, 0.05) is 25.7 Å². The Bertz CT molecular complexity index is 897. The number of hydrogen-bond donors (Lipinski definition) is 0. The van der Waals surface area contributed by atoms with Crippen LogP contribution in [0.2, 0.25) is 5.02 Å². The number of nitrogens with zero attached hydrogens (tertiary/aromatic N) is 5. The molecule has 140 valence electrons. The first-order chi connectivity index (χ1) is 12.3. The number of aromatic nitrogens is 3. The van der Waals surface area contributed by atoms with Gasteiger partial charge in [0.05, 0.1) is 11.4 Å². The first kappa shape index (κ1) is 18.8. The third-order valence-corrected chi connectivity index (χ3v) is 6.64. The van der Waals surface area contributed by atoms with Gasteiger partial charge in [-0.15, -0.1) is 10.2 Å². The van der Waals surface area contributed by atoms with Gasteiger partial charge in [0.15, 0.2) is 5.82 Å². The van der Waals surface area contributed by atoms with E-state index in [9.17, 15) is 13.2 Å². The molecule has 26 heavy (non-hydrogen) atoms. The molecule has 0 spiro atoms. The summed E-state index contributed by atoms with van der Waals surface area (Å²) in [6, 6.07) is 5.26. The molecule has 1 aromatic heterocycles. The van der Waals surface area contributed by atoms with Gasteiger partial charge in [0.2, 0.25) is 15.9 Å². The Hall–Kier alpha value is -1.97. The smallest absolute Gasteiger partial charge is 0.243 e. The molecule has 0 saturated carbocycles. The van der Waals surface area contributed by atoms with Crippen molar-refractivity contribution >= 4 is 27.5 Å². The van der Waals surface area contributed by atoms with E-state index in [1.54, 1.807) is 25.0 Å². The Labute approximate surface area is 157 Å². The van der Waals surface area contributed by atoms with Crippen LogP contribution in [-0.2, 0) is 28.4 Å². The molecule has 2 heterocycles. The zero-order valence-electron chi connectivity index (χ0n) is 14.5. The van der Waals surface area contributed by atoms with Crippen molar-refractivity contribution < 1.29 is 13.2 Å². The van der Waals surface area contributed by atoms with Gasteiger partial charge in [0.1, 0.15) is 12.4 Å². The summed E-state index contributed by atoms with van der Waals surface area (Å²) < 4.78 is 28.9. The van der Waals surface area contributed by atoms with E-state index in [2.05, 4.69) is 10.2 Å². The fourth-order valence-corrected chi connectivity index (χ4v) is 4.79. The molecule has 1 fully saturated rings. The van der Waals surface area contributed by atoms with Crippen molar-refractivity contribution in [3.8, 4) is 0 Å². The average Bonchev–Trinajstić information content (AvgIpc) is 3.24. The standard InChI is InChI=1S/C16H20ClN5O3S/c1-20(10-15-19-18-11-21(15)2)16(23)14-4-3-9-22(14)26(24,25)13-7-5-12(17)6-8-13/h5-8,11,14H,3-4,9-10H2,1-2H3/t14-/m0/s1. The van der Waals surface area contributed by atoms with E-state index in [1.165, 1.54) is 33.5 Å². The predicted octanol–water partition coefficient (Wildman–Crippen LogP) is 1.28. The van der Waals surface area contributed by atoms with Crippen LogP contribution in [0.3, 0.4) is 0 Å². The number of aryl methyl sites for hydroxylation is 1. The zero-order chi connectivity index (χ0) is 18.9. The van der Waals surface area contributed by atoms with Crippen molar-refractivity contribution in [1.29, 1.82) is 0 Å². The Morgan fingerprint density at radius 2 is 2.04 bits per heavy atom. The number of benzene rings is 1. The minimum atomic E-state index is -3.76. The summed E-state index contributed by atoms with van der Waals surface area (Å²) >= 11 is 5.84. The van der Waals surface area contributed by atoms with Crippen LogP contribution in [0.15, 0.2) is 35.5 Å². The normalized spacial score (nSPS) is 18.2. The minimum Gasteiger partial charge on any atom is -0.337 e. The lowest BCUT2D eigenvalue weighted by Gasteiger charge is -2.27. The molecule has 0 unspecified atom stereocenters. The molecule has 0 N–H and O–H groups in total. The van der Waals surface area contributed by atoms with Crippen LogP contribution >= 0.6 is 11.6 Å². The van der Waals surface area contributed by atoms with Gasteiger partial charge in [-0.25, -0.2) is 8.42 Å². The highest BCUT2D eigenvalue weighted by Gasteiger charge is 2.40.